The van der Waals surface area contributed by atoms with Gasteiger partial charge < -0.3 is 5.73 Å². The van der Waals surface area contributed by atoms with Gasteiger partial charge in [-0.05, 0) is 31.1 Å². The second kappa shape index (κ2) is 5.22. The predicted octanol–water partition coefficient (Wildman–Crippen LogP) is 2.44. The molecule has 2 nitrogen and oxygen atoms in total. The molecule has 1 heterocycles. The SMILES string of the molecule is Nc1ncc(CCCCC=S)s1. The van der Waals surface area contributed by atoms with E-state index in [0.29, 0.717) is 5.13 Å². The van der Waals surface area contributed by atoms with Gasteiger partial charge in [0.25, 0.3) is 0 Å². The van der Waals surface area contributed by atoms with Crippen molar-refractivity contribution < 1.29 is 0 Å². The second-order valence-electron chi connectivity index (χ2n) is 2.58. The highest BCUT2D eigenvalue weighted by atomic mass is 32.1. The lowest BCUT2D eigenvalue weighted by atomic mass is 10.2. The molecule has 0 aromatic carbocycles. The van der Waals surface area contributed by atoms with E-state index in [1.54, 1.807) is 16.7 Å². The van der Waals surface area contributed by atoms with Crippen molar-refractivity contribution in [2.45, 2.75) is 25.7 Å². The Morgan fingerprint density at radius 1 is 1.58 bits per heavy atom. The van der Waals surface area contributed by atoms with E-state index in [-0.39, 0.29) is 0 Å². The number of thiazole rings is 1. The van der Waals surface area contributed by atoms with E-state index >= 15 is 0 Å². The summed E-state index contributed by atoms with van der Waals surface area (Å²) in [6, 6.07) is 0. The summed E-state index contributed by atoms with van der Waals surface area (Å²) < 4.78 is 0. The molecule has 0 spiro atoms. The number of nitrogens with zero attached hydrogens (tertiary/aromatic N) is 1. The minimum atomic E-state index is 0.667. The van der Waals surface area contributed by atoms with Crippen molar-refractivity contribution in [1.82, 2.24) is 4.98 Å². The molecule has 0 radical (unpaired) electrons. The number of nitrogen functional groups attached to an aromatic ring is 1. The van der Waals surface area contributed by atoms with Crippen LogP contribution in [0.5, 0.6) is 0 Å². The highest BCUT2D eigenvalue weighted by Crippen LogP contribution is 2.16. The fourth-order valence-electron chi connectivity index (χ4n) is 0.965. The summed E-state index contributed by atoms with van der Waals surface area (Å²) in [7, 11) is 0. The van der Waals surface area contributed by atoms with Crippen LogP contribution in [0.15, 0.2) is 6.20 Å². The zero-order valence-electron chi connectivity index (χ0n) is 6.82. The van der Waals surface area contributed by atoms with E-state index in [1.165, 1.54) is 17.7 Å². The van der Waals surface area contributed by atoms with Gasteiger partial charge in [-0.25, -0.2) is 4.98 Å². The molecule has 0 aliphatic rings. The van der Waals surface area contributed by atoms with E-state index in [0.717, 1.165) is 12.8 Å². The predicted molar refractivity (Wildman–Crippen MR) is 57.7 cm³/mol. The highest BCUT2D eigenvalue weighted by molar-refractivity contribution is 7.78. The van der Waals surface area contributed by atoms with Crippen molar-refractivity contribution in [1.29, 1.82) is 0 Å². The first-order valence-electron chi connectivity index (χ1n) is 3.96. The third kappa shape index (κ3) is 3.28. The van der Waals surface area contributed by atoms with E-state index in [4.69, 9.17) is 18.0 Å². The van der Waals surface area contributed by atoms with Crippen LogP contribution in [0.4, 0.5) is 5.13 Å². The van der Waals surface area contributed by atoms with Crippen LogP contribution in [0.1, 0.15) is 24.1 Å². The lowest BCUT2D eigenvalue weighted by Crippen LogP contribution is -1.81. The fraction of sp³-hybridized carbons (Fsp3) is 0.500. The Bertz CT molecular complexity index is 245. The van der Waals surface area contributed by atoms with Crippen LogP contribution in [-0.4, -0.2) is 10.4 Å². The molecule has 66 valence electrons. The zero-order valence-corrected chi connectivity index (χ0v) is 8.46. The highest BCUT2D eigenvalue weighted by Gasteiger charge is 1.97. The van der Waals surface area contributed by atoms with Crippen molar-refractivity contribution in [3.05, 3.63) is 11.1 Å². The number of aryl methyl sites for hydroxylation is 1. The lowest BCUT2D eigenvalue weighted by molar-refractivity contribution is 0.775. The number of anilines is 1. The maximum absolute atomic E-state index is 5.49. The molecular formula is C8H12N2S2. The smallest absolute Gasteiger partial charge is 0.180 e. The molecule has 1 aromatic rings. The molecule has 1 rings (SSSR count). The van der Waals surface area contributed by atoms with E-state index in [1.807, 2.05) is 6.20 Å². The summed E-state index contributed by atoms with van der Waals surface area (Å²) in [5.41, 5.74) is 5.49. The Labute approximate surface area is 81.8 Å². The van der Waals surface area contributed by atoms with Crippen LogP contribution in [0.25, 0.3) is 0 Å². The second-order valence-corrected chi connectivity index (χ2v) is 4.06. The number of aromatic nitrogens is 1. The molecule has 0 aliphatic heterocycles. The topological polar surface area (TPSA) is 38.9 Å². The van der Waals surface area contributed by atoms with Gasteiger partial charge in [-0.3, -0.25) is 0 Å². The van der Waals surface area contributed by atoms with Crippen LogP contribution in [-0.2, 0) is 6.42 Å². The first-order valence-corrected chi connectivity index (χ1v) is 5.25. The van der Waals surface area contributed by atoms with Gasteiger partial charge in [0.05, 0.1) is 0 Å². The number of thiocarbonyl (C=S) groups is 1. The molecule has 12 heavy (non-hydrogen) atoms. The maximum Gasteiger partial charge on any atom is 0.180 e. The number of hydrogen-bond donors (Lipinski definition) is 1. The average molecular weight is 200 g/mol. The molecule has 0 atom stereocenters. The molecule has 1 aromatic heterocycles. The summed E-state index contributed by atoms with van der Waals surface area (Å²) >= 11 is 6.31. The molecule has 0 fully saturated rings. The molecule has 0 unspecified atom stereocenters. The first-order chi connectivity index (χ1) is 5.83. The van der Waals surface area contributed by atoms with Gasteiger partial charge in [0, 0.05) is 11.1 Å². The monoisotopic (exact) mass is 200 g/mol. The summed E-state index contributed by atoms with van der Waals surface area (Å²) in [6.07, 6.45) is 6.31. The molecule has 0 amide bonds. The van der Waals surface area contributed by atoms with Gasteiger partial charge >= 0.3 is 0 Å². The Morgan fingerprint density at radius 2 is 2.42 bits per heavy atom. The third-order valence-corrected chi connectivity index (χ3v) is 2.69. The summed E-state index contributed by atoms with van der Waals surface area (Å²) in [4.78, 5) is 5.26. The van der Waals surface area contributed by atoms with Crippen LogP contribution in [0.3, 0.4) is 0 Å². The van der Waals surface area contributed by atoms with Gasteiger partial charge in [-0.15, -0.1) is 11.3 Å². The van der Waals surface area contributed by atoms with Crippen molar-refractivity contribution in [3.8, 4) is 0 Å². The van der Waals surface area contributed by atoms with Crippen molar-refractivity contribution in [2.24, 2.45) is 0 Å². The Morgan fingerprint density at radius 3 is 3.00 bits per heavy atom. The van der Waals surface area contributed by atoms with Crippen LogP contribution >= 0.6 is 23.6 Å². The van der Waals surface area contributed by atoms with Crippen LogP contribution in [0, 0.1) is 0 Å². The van der Waals surface area contributed by atoms with Crippen molar-refractivity contribution in [3.63, 3.8) is 0 Å². The number of hydrogen-bond acceptors (Lipinski definition) is 4. The third-order valence-electron chi connectivity index (χ3n) is 1.57. The van der Waals surface area contributed by atoms with E-state index in [2.05, 4.69) is 4.98 Å². The number of nitrogens with two attached hydrogens (primary N) is 1. The van der Waals surface area contributed by atoms with Crippen molar-refractivity contribution in [2.75, 3.05) is 5.73 Å². The minimum absolute atomic E-state index is 0.667. The normalized spacial score (nSPS) is 10.0. The summed E-state index contributed by atoms with van der Waals surface area (Å²) in [6.45, 7) is 0. The molecule has 0 bridgehead atoms. The molecule has 0 saturated heterocycles. The number of rotatable bonds is 5. The van der Waals surface area contributed by atoms with Gasteiger partial charge in [0.1, 0.15) is 0 Å². The molecular weight excluding hydrogens is 188 g/mol. The van der Waals surface area contributed by atoms with Gasteiger partial charge in [-0.2, -0.15) is 0 Å². The Balaban J connectivity index is 2.19. The quantitative estimate of drug-likeness (QED) is 0.586. The minimum Gasteiger partial charge on any atom is -0.375 e. The van der Waals surface area contributed by atoms with Gasteiger partial charge in [-0.1, -0.05) is 12.2 Å². The van der Waals surface area contributed by atoms with Gasteiger partial charge in [0.15, 0.2) is 5.13 Å². The van der Waals surface area contributed by atoms with E-state index < -0.39 is 0 Å². The standard InChI is InChI=1S/C8H12N2S2/c9-8-10-6-7(12-8)4-2-1-3-5-11/h5-6H,1-4H2,(H2,9,10). The largest absolute Gasteiger partial charge is 0.375 e. The maximum atomic E-state index is 5.49. The molecule has 0 saturated carbocycles. The first kappa shape index (κ1) is 9.61. The molecule has 0 aliphatic carbocycles. The van der Waals surface area contributed by atoms with Crippen LogP contribution in [0.2, 0.25) is 0 Å². The molecule has 2 N–H and O–H groups in total. The summed E-state index contributed by atoms with van der Waals surface area (Å²) in [5.74, 6) is 0. The van der Waals surface area contributed by atoms with Gasteiger partial charge in [0.2, 0.25) is 0 Å². The molecule has 4 heteroatoms. The Hall–Kier alpha value is -0.480. The number of unbranched alkanes of at least 4 members (excludes halogenated alkanes) is 2. The average Bonchev–Trinajstić information content (AvgIpc) is 2.45. The van der Waals surface area contributed by atoms with E-state index in [9.17, 15) is 0 Å². The van der Waals surface area contributed by atoms with Crippen molar-refractivity contribution >= 4 is 34.1 Å². The zero-order chi connectivity index (χ0) is 8.81. The summed E-state index contributed by atoms with van der Waals surface area (Å²) in [5, 5.41) is 2.46. The van der Waals surface area contributed by atoms with Crippen LogP contribution < -0.4 is 5.73 Å². The lowest BCUT2D eigenvalue weighted by Gasteiger charge is -1.93. The Kier molecular flexibility index (Phi) is 4.18. The fourth-order valence-corrected chi connectivity index (χ4v) is 1.86.